The third kappa shape index (κ3) is 3.51. The molecule has 1 N–H and O–H groups in total. The number of likely N-dealkylation sites (tertiary alicyclic amines) is 1. The lowest BCUT2D eigenvalue weighted by Crippen LogP contribution is -2.59. The first-order chi connectivity index (χ1) is 16.5. The molecule has 3 aliphatic heterocycles. The van der Waals surface area contributed by atoms with Crippen molar-refractivity contribution in [3.05, 3.63) is 42.6 Å². The van der Waals surface area contributed by atoms with Crippen molar-refractivity contribution in [3.8, 4) is 11.3 Å². The molecule has 0 aliphatic carbocycles. The van der Waals surface area contributed by atoms with E-state index < -0.39 is 0 Å². The van der Waals surface area contributed by atoms with Gasteiger partial charge in [0.05, 0.1) is 30.6 Å². The molecule has 0 atom stereocenters. The first-order valence-corrected chi connectivity index (χ1v) is 11.9. The molecule has 5 heterocycles. The minimum atomic E-state index is 0.0145. The fourth-order valence-electron chi connectivity index (χ4n) is 5.52. The molecule has 0 unspecified atom stereocenters. The molecular weight excluding hydrogens is 430 g/mol. The van der Waals surface area contributed by atoms with Crippen LogP contribution in [0.15, 0.2) is 37.1 Å². The topological polar surface area (TPSA) is 90.5 Å². The quantitative estimate of drug-likeness (QED) is 0.599. The second-order valence-electron chi connectivity index (χ2n) is 9.67. The van der Waals surface area contributed by atoms with E-state index in [9.17, 15) is 4.79 Å². The van der Waals surface area contributed by atoms with Gasteiger partial charge in [-0.15, -0.1) is 0 Å². The summed E-state index contributed by atoms with van der Waals surface area (Å²) in [7, 11) is 0. The summed E-state index contributed by atoms with van der Waals surface area (Å²) in [6.45, 7) is 12.0. The number of morpholine rings is 1. The van der Waals surface area contributed by atoms with Gasteiger partial charge < -0.3 is 19.4 Å². The number of ether oxygens (including phenoxy) is 1. The smallest absolute Gasteiger partial charge is 0.245 e. The highest BCUT2D eigenvalue weighted by atomic mass is 16.5. The molecule has 0 saturated carbocycles. The van der Waals surface area contributed by atoms with Crippen molar-refractivity contribution in [1.82, 2.24) is 25.1 Å². The predicted octanol–water partition coefficient (Wildman–Crippen LogP) is 2.39. The van der Waals surface area contributed by atoms with E-state index in [1.807, 2.05) is 11.1 Å². The van der Waals surface area contributed by atoms with E-state index in [1.165, 1.54) is 6.08 Å². The number of aryl methyl sites for hydroxylation is 1. The second kappa shape index (κ2) is 8.09. The average molecular weight is 460 g/mol. The van der Waals surface area contributed by atoms with E-state index in [2.05, 4.69) is 51.7 Å². The Morgan fingerprint density at radius 2 is 1.97 bits per heavy atom. The van der Waals surface area contributed by atoms with Crippen LogP contribution in [0.1, 0.15) is 12.0 Å². The summed E-state index contributed by atoms with van der Waals surface area (Å²) in [6.07, 6.45) is 4.31. The van der Waals surface area contributed by atoms with Crippen molar-refractivity contribution >= 4 is 28.6 Å². The van der Waals surface area contributed by atoms with E-state index in [-0.39, 0.29) is 11.3 Å². The molecule has 3 aromatic rings. The number of anilines is 2. The van der Waals surface area contributed by atoms with Crippen molar-refractivity contribution < 1.29 is 9.53 Å². The highest BCUT2D eigenvalue weighted by Gasteiger charge is 2.49. The molecule has 34 heavy (non-hydrogen) atoms. The summed E-state index contributed by atoms with van der Waals surface area (Å²) in [5.41, 5.74) is 4.27. The molecule has 6 rings (SSSR count). The van der Waals surface area contributed by atoms with Crippen LogP contribution in [0.25, 0.3) is 22.2 Å². The molecule has 1 amide bonds. The number of hydrogen-bond donors (Lipinski definition) is 1. The third-order valence-electron chi connectivity index (χ3n) is 7.38. The van der Waals surface area contributed by atoms with Gasteiger partial charge in [0.1, 0.15) is 5.82 Å². The maximum absolute atomic E-state index is 12.0. The molecule has 9 nitrogen and oxygen atoms in total. The van der Waals surface area contributed by atoms with Crippen molar-refractivity contribution in [2.75, 3.05) is 62.3 Å². The lowest BCUT2D eigenvalue weighted by Gasteiger charge is -2.47. The summed E-state index contributed by atoms with van der Waals surface area (Å²) in [5.74, 6) is 1.70. The Hall–Kier alpha value is -3.46. The van der Waals surface area contributed by atoms with Crippen LogP contribution in [0.2, 0.25) is 0 Å². The number of rotatable bonds is 4. The van der Waals surface area contributed by atoms with Gasteiger partial charge in [-0.3, -0.25) is 9.89 Å². The zero-order valence-corrected chi connectivity index (χ0v) is 19.5. The summed E-state index contributed by atoms with van der Waals surface area (Å²) in [5, 5.41) is 8.40. The second-order valence-corrected chi connectivity index (χ2v) is 9.67. The number of aromatic nitrogens is 4. The number of nitrogens with one attached hydrogen (secondary N) is 1. The molecule has 3 fully saturated rings. The SMILES string of the molecule is C=CC(=O)N1CC2(CCN(c3nc(-c4c(C)ccc5[nH]ncc45)cc(N4CCOCC4)n3)C2)C1. The summed E-state index contributed by atoms with van der Waals surface area (Å²) < 4.78 is 5.57. The summed E-state index contributed by atoms with van der Waals surface area (Å²) in [4.78, 5) is 28.5. The van der Waals surface area contributed by atoms with Gasteiger partial charge in [-0.05, 0) is 31.1 Å². The van der Waals surface area contributed by atoms with Crippen molar-refractivity contribution in [3.63, 3.8) is 0 Å². The van der Waals surface area contributed by atoms with Gasteiger partial charge in [0, 0.05) is 61.7 Å². The average Bonchev–Trinajstić information content (AvgIpc) is 3.50. The number of carbonyl (C=O) groups excluding carboxylic acids is 1. The van der Waals surface area contributed by atoms with Gasteiger partial charge in [0.2, 0.25) is 11.9 Å². The lowest BCUT2D eigenvalue weighted by molar-refractivity contribution is -0.136. The zero-order valence-electron chi connectivity index (χ0n) is 19.5. The molecule has 2 aromatic heterocycles. The molecule has 176 valence electrons. The van der Waals surface area contributed by atoms with E-state index in [0.29, 0.717) is 13.2 Å². The molecule has 0 radical (unpaired) electrons. The fourth-order valence-corrected chi connectivity index (χ4v) is 5.52. The predicted molar refractivity (Wildman–Crippen MR) is 131 cm³/mol. The summed E-state index contributed by atoms with van der Waals surface area (Å²) >= 11 is 0. The van der Waals surface area contributed by atoms with Gasteiger partial charge in [-0.1, -0.05) is 12.6 Å². The molecule has 0 bridgehead atoms. The highest BCUT2D eigenvalue weighted by Crippen LogP contribution is 2.41. The third-order valence-corrected chi connectivity index (χ3v) is 7.38. The van der Waals surface area contributed by atoms with E-state index in [4.69, 9.17) is 14.7 Å². The fraction of sp³-hybridized carbons (Fsp3) is 0.440. The Labute approximate surface area is 198 Å². The Kier molecular flexibility index (Phi) is 5.02. The van der Waals surface area contributed by atoms with E-state index in [0.717, 1.165) is 85.2 Å². The Morgan fingerprint density at radius 3 is 2.76 bits per heavy atom. The Morgan fingerprint density at radius 1 is 1.15 bits per heavy atom. The van der Waals surface area contributed by atoms with E-state index >= 15 is 0 Å². The van der Waals surface area contributed by atoms with Crippen LogP contribution in [-0.4, -0.2) is 83.5 Å². The van der Waals surface area contributed by atoms with Gasteiger partial charge in [-0.2, -0.15) is 10.1 Å². The lowest BCUT2D eigenvalue weighted by atomic mass is 9.79. The number of amides is 1. The largest absolute Gasteiger partial charge is 0.378 e. The molecular formula is C25H29N7O2. The van der Waals surface area contributed by atoms with Crippen LogP contribution in [0.5, 0.6) is 0 Å². The Balaban J connectivity index is 1.37. The monoisotopic (exact) mass is 459 g/mol. The van der Waals surface area contributed by atoms with Crippen molar-refractivity contribution in [2.24, 2.45) is 5.41 Å². The van der Waals surface area contributed by atoms with Crippen molar-refractivity contribution in [2.45, 2.75) is 13.3 Å². The van der Waals surface area contributed by atoms with Gasteiger partial charge in [0.25, 0.3) is 0 Å². The van der Waals surface area contributed by atoms with Crippen molar-refractivity contribution in [1.29, 1.82) is 0 Å². The minimum absolute atomic E-state index is 0.0145. The normalized spacial score (nSPS) is 19.6. The zero-order chi connectivity index (χ0) is 23.3. The van der Waals surface area contributed by atoms with Crippen LogP contribution in [0.4, 0.5) is 11.8 Å². The number of hydrogen-bond acceptors (Lipinski definition) is 7. The first-order valence-electron chi connectivity index (χ1n) is 11.9. The first kappa shape index (κ1) is 21.1. The molecule has 3 saturated heterocycles. The van der Waals surface area contributed by atoms with Gasteiger partial charge in [0.15, 0.2) is 0 Å². The molecule has 9 heteroatoms. The number of aromatic amines is 1. The van der Waals surface area contributed by atoms with E-state index in [1.54, 1.807) is 0 Å². The number of carbonyl (C=O) groups is 1. The highest BCUT2D eigenvalue weighted by molar-refractivity contribution is 5.95. The molecule has 3 aliphatic rings. The van der Waals surface area contributed by atoms with Gasteiger partial charge >= 0.3 is 0 Å². The van der Waals surface area contributed by atoms with Crippen LogP contribution < -0.4 is 9.80 Å². The summed E-state index contributed by atoms with van der Waals surface area (Å²) in [6, 6.07) is 6.27. The van der Waals surface area contributed by atoms with Crippen LogP contribution in [0, 0.1) is 12.3 Å². The maximum Gasteiger partial charge on any atom is 0.245 e. The van der Waals surface area contributed by atoms with Crippen LogP contribution >= 0.6 is 0 Å². The maximum atomic E-state index is 12.0. The number of nitrogens with zero attached hydrogens (tertiary/aromatic N) is 6. The molecule has 1 aromatic carbocycles. The minimum Gasteiger partial charge on any atom is -0.378 e. The number of fused-ring (bicyclic) bond motifs is 1. The van der Waals surface area contributed by atoms with Gasteiger partial charge in [-0.25, -0.2) is 4.98 Å². The standard InChI is InChI=1S/C25H29N7O2/c1-3-22(33)32-15-25(16-32)6-7-31(14-25)24-27-20(12-21(28-24)30-8-10-34-11-9-30)23-17(2)4-5-19-18(23)13-26-29-19/h3-5,12-13H,1,6-11,14-16H2,2H3,(H,26,29). The van der Waals surface area contributed by atoms with Crippen LogP contribution in [-0.2, 0) is 9.53 Å². The number of benzene rings is 1. The Bertz CT molecular complexity index is 1260. The van der Waals surface area contributed by atoms with Crippen LogP contribution in [0.3, 0.4) is 0 Å². The molecule has 1 spiro atoms. The number of H-pyrrole nitrogens is 1.